The summed E-state index contributed by atoms with van der Waals surface area (Å²) < 4.78 is 7.17. The van der Waals surface area contributed by atoms with E-state index in [9.17, 15) is 9.90 Å². The summed E-state index contributed by atoms with van der Waals surface area (Å²) in [5.74, 6) is -0.0577. The standard InChI is InChI=1S/C21H20N2O3/c1-13-7-8-19(25)21-16-5-3-6-18(23-10-4-9-22-23)17(16)11-15(20(13)21)12-26-14(2)24/h3-10,15,25H,11-12H2,1-2H3. The van der Waals surface area contributed by atoms with E-state index in [1.807, 2.05) is 48.1 Å². The van der Waals surface area contributed by atoms with Crippen LogP contribution in [-0.2, 0) is 16.0 Å². The van der Waals surface area contributed by atoms with E-state index in [0.29, 0.717) is 6.61 Å². The van der Waals surface area contributed by atoms with Gasteiger partial charge in [0.2, 0.25) is 0 Å². The minimum absolute atomic E-state index is 0.00906. The molecular formula is C21H20N2O3. The summed E-state index contributed by atoms with van der Waals surface area (Å²) in [7, 11) is 0. The molecule has 4 rings (SSSR count). The molecule has 1 aliphatic rings. The lowest BCUT2D eigenvalue weighted by Crippen LogP contribution is -2.20. The molecule has 5 nitrogen and oxygen atoms in total. The van der Waals surface area contributed by atoms with Crippen molar-refractivity contribution in [1.82, 2.24) is 9.78 Å². The maximum Gasteiger partial charge on any atom is 0.302 e. The predicted molar refractivity (Wildman–Crippen MR) is 98.5 cm³/mol. The topological polar surface area (TPSA) is 64.4 Å². The number of carbonyl (C=O) groups excluding carboxylic acids is 1. The van der Waals surface area contributed by atoms with Crippen LogP contribution in [0.25, 0.3) is 16.8 Å². The Morgan fingerprint density at radius 3 is 2.88 bits per heavy atom. The summed E-state index contributed by atoms with van der Waals surface area (Å²) in [6.07, 6.45) is 4.37. The second kappa shape index (κ2) is 6.33. The maximum atomic E-state index is 11.4. The van der Waals surface area contributed by atoms with Crippen molar-refractivity contribution >= 4 is 5.97 Å². The molecule has 0 fully saturated rings. The molecule has 1 atom stereocenters. The highest BCUT2D eigenvalue weighted by molar-refractivity contribution is 5.82. The fourth-order valence-corrected chi connectivity index (χ4v) is 3.88. The van der Waals surface area contributed by atoms with Gasteiger partial charge in [-0.2, -0.15) is 5.10 Å². The Kier molecular flexibility index (Phi) is 3.99. The van der Waals surface area contributed by atoms with E-state index in [1.165, 1.54) is 6.92 Å². The van der Waals surface area contributed by atoms with E-state index < -0.39 is 0 Å². The van der Waals surface area contributed by atoms with Crippen LogP contribution in [0.3, 0.4) is 0 Å². The fourth-order valence-electron chi connectivity index (χ4n) is 3.88. The van der Waals surface area contributed by atoms with Gasteiger partial charge in [-0.15, -0.1) is 0 Å². The summed E-state index contributed by atoms with van der Waals surface area (Å²) in [5, 5.41) is 15.0. The van der Waals surface area contributed by atoms with Crippen LogP contribution in [0.5, 0.6) is 5.75 Å². The minimum Gasteiger partial charge on any atom is -0.507 e. The van der Waals surface area contributed by atoms with Gasteiger partial charge in [-0.3, -0.25) is 4.79 Å². The number of ether oxygens (including phenoxy) is 1. The maximum absolute atomic E-state index is 11.4. The van der Waals surface area contributed by atoms with Crippen molar-refractivity contribution in [3.63, 3.8) is 0 Å². The molecule has 0 aliphatic heterocycles. The van der Waals surface area contributed by atoms with Gasteiger partial charge >= 0.3 is 5.97 Å². The zero-order chi connectivity index (χ0) is 18.3. The largest absolute Gasteiger partial charge is 0.507 e. The summed E-state index contributed by atoms with van der Waals surface area (Å²) in [6, 6.07) is 11.6. The van der Waals surface area contributed by atoms with Gasteiger partial charge in [-0.25, -0.2) is 4.68 Å². The number of benzene rings is 2. The molecule has 1 aromatic heterocycles. The molecule has 1 N–H and O–H groups in total. The lowest BCUT2D eigenvalue weighted by Gasteiger charge is -2.31. The molecule has 0 amide bonds. The van der Waals surface area contributed by atoms with Gasteiger partial charge < -0.3 is 9.84 Å². The monoisotopic (exact) mass is 348 g/mol. The molecule has 0 saturated heterocycles. The zero-order valence-electron chi connectivity index (χ0n) is 14.8. The molecule has 0 bridgehead atoms. The first kappa shape index (κ1) is 16.4. The Labute approximate surface area is 151 Å². The smallest absolute Gasteiger partial charge is 0.302 e. The third kappa shape index (κ3) is 2.65. The van der Waals surface area contributed by atoms with Crippen LogP contribution in [0.15, 0.2) is 48.8 Å². The van der Waals surface area contributed by atoms with Crippen molar-refractivity contribution in [3.05, 3.63) is 65.5 Å². The second-order valence-corrected chi connectivity index (χ2v) is 6.65. The van der Waals surface area contributed by atoms with Crippen LogP contribution in [0.4, 0.5) is 0 Å². The normalized spacial score (nSPS) is 15.2. The molecule has 3 aromatic rings. The number of hydrogen-bond acceptors (Lipinski definition) is 4. The van der Waals surface area contributed by atoms with E-state index in [-0.39, 0.29) is 17.6 Å². The highest BCUT2D eigenvalue weighted by Crippen LogP contribution is 2.47. The first-order valence-electron chi connectivity index (χ1n) is 8.64. The number of aromatic hydroxyl groups is 1. The number of aryl methyl sites for hydroxylation is 1. The Balaban J connectivity index is 1.93. The van der Waals surface area contributed by atoms with Crippen LogP contribution < -0.4 is 0 Å². The number of carbonyl (C=O) groups is 1. The third-order valence-electron chi connectivity index (χ3n) is 4.96. The fraction of sp³-hybridized carbons (Fsp3) is 0.238. The van der Waals surface area contributed by atoms with Crippen molar-refractivity contribution in [2.24, 2.45) is 0 Å². The number of rotatable bonds is 3. The summed E-state index contributed by atoms with van der Waals surface area (Å²) in [6.45, 7) is 3.74. The van der Waals surface area contributed by atoms with Crippen molar-refractivity contribution in [2.75, 3.05) is 6.61 Å². The first-order valence-corrected chi connectivity index (χ1v) is 8.64. The molecule has 5 heteroatoms. The quantitative estimate of drug-likeness (QED) is 0.732. The molecule has 1 aliphatic carbocycles. The van der Waals surface area contributed by atoms with Crippen molar-refractivity contribution < 1.29 is 14.6 Å². The Bertz CT molecular complexity index is 977. The van der Waals surface area contributed by atoms with Crippen LogP contribution in [0, 0.1) is 6.92 Å². The van der Waals surface area contributed by atoms with Gasteiger partial charge in [0, 0.05) is 30.8 Å². The van der Waals surface area contributed by atoms with Crippen molar-refractivity contribution in [1.29, 1.82) is 0 Å². The number of hydrogen-bond donors (Lipinski definition) is 1. The summed E-state index contributed by atoms with van der Waals surface area (Å²) in [5.41, 5.74) is 6.06. The second-order valence-electron chi connectivity index (χ2n) is 6.65. The van der Waals surface area contributed by atoms with E-state index in [0.717, 1.165) is 39.9 Å². The number of esters is 1. The molecular weight excluding hydrogens is 328 g/mol. The highest BCUT2D eigenvalue weighted by Gasteiger charge is 2.31. The Morgan fingerprint density at radius 2 is 2.15 bits per heavy atom. The van der Waals surface area contributed by atoms with Crippen LogP contribution in [-0.4, -0.2) is 27.5 Å². The van der Waals surface area contributed by atoms with E-state index in [2.05, 4.69) is 5.10 Å². The van der Waals surface area contributed by atoms with Crippen molar-refractivity contribution in [3.8, 4) is 22.6 Å². The van der Waals surface area contributed by atoms with Crippen LogP contribution >= 0.6 is 0 Å². The average Bonchev–Trinajstić information content (AvgIpc) is 3.16. The molecule has 26 heavy (non-hydrogen) atoms. The SMILES string of the molecule is CC(=O)OCC1Cc2c(cccc2-n2cccn2)-c2c(O)ccc(C)c21. The molecule has 2 aromatic carbocycles. The van der Waals surface area contributed by atoms with Gasteiger partial charge in [-0.1, -0.05) is 18.2 Å². The summed E-state index contributed by atoms with van der Waals surface area (Å²) >= 11 is 0. The van der Waals surface area contributed by atoms with E-state index >= 15 is 0 Å². The van der Waals surface area contributed by atoms with Crippen LogP contribution in [0.2, 0.25) is 0 Å². The van der Waals surface area contributed by atoms with E-state index in [4.69, 9.17) is 4.74 Å². The number of phenolic OH excluding ortho intramolecular Hbond substituents is 1. The highest BCUT2D eigenvalue weighted by atomic mass is 16.5. The molecule has 0 radical (unpaired) electrons. The van der Waals surface area contributed by atoms with Crippen LogP contribution in [0.1, 0.15) is 29.5 Å². The average molecular weight is 348 g/mol. The minimum atomic E-state index is -0.296. The van der Waals surface area contributed by atoms with Gasteiger partial charge in [0.15, 0.2) is 0 Å². The van der Waals surface area contributed by atoms with Gasteiger partial charge in [-0.05, 0) is 53.8 Å². The lowest BCUT2D eigenvalue weighted by atomic mass is 9.76. The lowest BCUT2D eigenvalue weighted by molar-refractivity contribution is -0.141. The number of fused-ring (bicyclic) bond motifs is 3. The van der Waals surface area contributed by atoms with Gasteiger partial charge in [0.05, 0.1) is 12.3 Å². The first-order chi connectivity index (χ1) is 12.6. The molecule has 1 unspecified atom stereocenters. The van der Waals surface area contributed by atoms with Gasteiger partial charge in [0.25, 0.3) is 0 Å². The zero-order valence-corrected chi connectivity index (χ0v) is 14.8. The van der Waals surface area contributed by atoms with Gasteiger partial charge in [0.1, 0.15) is 5.75 Å². The summed E-state index contributed by atoms with van der Waals surface area (Å²) in [4.78, 5) is 11.4. The number of aromatic nitrogens is 2. The van der Waals surface area contributed by atoms with Crippen molar-refractivity contribution in [2.45, 2.75) is 26.2 Å². The molecule has 1 heterocycles. The van der Waals surface area contributed by atoms with E-state index in [1.54, 1.807) is 12.3 Å². The predicted octanol–water partition coefficient (Wildman–Crippen LogP) is 3.76. The molecule has 0 saturated carbocycles. The Hall–Kier alpha value is -3.08. The molecule has 132 valence electrons. The molecule has 0 spiro atoms. The third-order valence-corrected chi connectivity index (χ3v) is 4.96. The Morgan fingerprint density at radius 1 is 1.31 bits per heavy atom. The number of phenols is 1. The number of nitrogens with zero attached hydrogens (tertiary/aromatic N) is 2.